The van der Waals surface area contributed by atoms with Crippen LogP contribution in [0.5, 0.6) is 0 Å². The van der Waals surface area contributed by atoms with Gasteiger partial charge in [-0.1, -0.05) is 35.5 Å². The number of likely N-dealkylation sites (tertiary alicyclic amines) is 1. The van der Waals surface area contributed by atoms with E-state index in [0.29, 0.717) is 17.4 Å². The molecule has 0 saturated carbocycles. The summed E-state index contributed by atoms with van der Waals surface area (Å²) in [7, 11) is 0. The Hall–Kier alpha value is -2.60. The monoisotopic (exact) mass is 321 g/mol. The number of hydrogen-bond acceptors (Lipinski definition) is 6. The first-order valence-corrected chi connectivity index (χ1v) is 8.22. The summed E-state index contributed by atoms with van der Waals surface area (Å²) >= 11 is 0. The van der Waals surface area contributed by atoms with Gasteiger partial charge in [0.25, 0.3) is 0 Å². The quantitative estimate of drug-likeness (QED) is 0.735. The third-order valence-electron chi connectivity index (χ3n) is 4.35. The van der Waals surface area contributed by atoms with Crippen molar-refractivity contribution in [1.82, 2.24) is 25.2 Å². The van der Waals surface area contributed by atoms with E-state index in [1.807, 2.05) is 25.1 Å². The van der Waals surface area contributed by atoms with E-state index in [1.54, 1.807) is 0 Å². The van der Waals surface area contributed by atoms with E-state index in [-0.39, 0.29) is 6.04 Å². The summed E-state index contributed by atoms with van der Waals surface area (Å²) in [5, 5.41) is 12.3. The van der Waals surface area contributed by atoms with Crippen LogP contribution in [0, 0.1) is 6.92 Å². The molecular formula is C18H19N5O. The summed E-state index contributed by atoms with van der Waals surface area (Å²) in [4.78, 5) is 6.96. The Morgan fingerprint density at radius 1 is 1.12 bits per heavy atom. The van der Waals surface area contributed by atoms with Crippen molar-refractivity contribution in [2.75, 3.05) is 6.54 Å². The predicted octanol–water partition coefficient (Wildman–Crippen LogP) is 3.17. The molecule has 1 unspecified atom stereocenters. The molecule has 1 aromatic carbocycles. The van der Waals surface area contributed by atoms with Crippen LogP contribution in [-0.4, -0.2) is 31.8 Å². The lowest BCUT2D eigenvalue weighted by Gasteiger charge is -2.21. The van der Waals surface area contributed by atoms with Gasteiger partial charge in [0.2, 0.25) is 11.7 Å². The van der Waals surface area contributed by atoms with Gasteiger partial charge in [0.1, 0.15) is 5.69 Å². The molecule has 4 rings (SSSR count). The third-order valence-corrected chi connectivity index (χ3v) is 4.35. The molecule has 1 aliphatic heterocycles. The number of rotatable bonds is 4. The van der Waals surface area contributed by atoms with Crippen molar-refractivity contribution >= 4 is 0 Å². The van der Waals surface area contributed by atoms with E-state index < -0.39 is 0 Å². The SMILES string of the molecule is Cc1ccc(-c2noc(C3CCCN3Cc3ccccc3)n2)nn1. The van der Waals surface area contributed by atoms with Crippen molar-refractivity contribution in [2.45, 2.75) is 32.4 Å². The minimum absolute atomic E-state index is 0.171. The topological polar surface area (TPSA) is 67.9 Å². The van der Waals surface area contributed by atoms with Crippen molar-refractivity contribution in [3.63, 3.8) is 0 Å². The lowest BCUT2D eigenvalue weighted by molar-refractivity contribution is 0.201. The van der Waals surface area contributed by atoms with Crippen LogP contribution in [0.25, 0.3) is 11.5 Å². The zero-order valence-corrected chi connectivity index (χ0v) is 13.6. The van der Waals surface area contributed by atoms with Crippen LogP contribution in [0.1, 0.15) is 36.0 Å². The lowest BCUT2D eigenvalue weighted by atomic mass is 10.2. The molecule has 3 heterocycles. The van der Waals surface area contributed by atoms with Gasteiger partial charge in [0, 0.05) is 6.54 Å². The molecule has 0 aliphatic carbocycles. The second-order valence-corrected chi connectivity index (χ2v) is 6.13. The fourth-order valence-electron chi connectivity index (χ4n) is 3.11. The van der Waals surface area contributed by atoms with E-state index in [0.717, 1.165) is 31.6 Å². The Bertz CT molecular complexity index is 800. The van der Waals surface area contributed by atoms with E-state index in [1.165, 1.54) is 5.56 Å². The molecule has 1 aliphatic rings. The Labute approximate surface area is 140 Å². The summed E-state index contributed by atoms with van der Waals surface area (Å²) in [6.07, 6.45) is 2.17. The molecule has 1 fully saturated rings. The minimum Gasteiger partial charge on any atom is -0.337 e. The van der Waals surface area contributed by atoms with Gasteiger partial charge in [0.05, 0.1) is 11.7 Å². The maximum Gasteiger partial charge on any atom is 0.244 e. The Morgan fingerprint density at radius 2 is 2.00 bits per heavy atom. The molecule has 2 aromatic heterocycles. The van der Waals surface area contributed by atoms with Crippen LogP contribution >= 0.6 is 0 Å². The van der Waals surface area contributed by atoms with E-state index >= 15 is 0 Å². The van der Waals surface area contributed by atoms with Crippen molar-refractivity contribution in [3.8, 4) is 11.5 Å². The predicted molar refractivity (Wildman–Crippen MR) is 88.9 cm³/mol. The van der Waals surface area contributed by atoms with Crippen molar-refractivity contribution < 1.29 is 4.52 Å². The smallest absolute Gasteiger partial charge is 0.244 e. The largest absolute Gasteiger partial charge is 0.337 e. The summed E-state index contributed by atoms with van der Waals surface area (Å²) in [6.45, 7) is 3.84. The number of benzene rings is 1. The molecule has 0 spiro atoms. The third kappa shape index (κ3) is 3.05. The number of aromatic nitrogens is 4. The fraction of sp³-hybridized carbons (Fsp3) is 0.333. The second-order valence-electron chi connectivity index (χ2n) is 6.13. The summed E-state index contributed by atoms with van der Waals surface area (Å²) in [6, 6.07) is 14.4. The average molecular weight is 321 g/mol. The van der Waals surface area contributed by atoms with Gasteiger partial charge in [-0.15, -0.1) is 5.10 Å². The van der Waals surface area contributed by atoms with Gasteiger partial charge in [-0.2, -0.15) is 10.1 Å². The van der Waals surface area contributed by atoms with Gasteiger partial charge in [-0.25, -0.2) is 0 Å². The Morgan fingerprint density at radius 3 is 2.79 bits per heavy atom. The maximum atomic E-state index is 5.53. The van der Waals surface area contributed by atoms with Crippen molar-refractivity contribution in [3.05, 3.63) is 59.6 Å². The average Bonchev–Trinajstić information content (AvgIpc) is 3.25. The van der Waals surface area contributed by atoms with Gasteiger partial charge >= 0.3 is 0 Å². The summed E-state index contributed by atoms with van der Waals surface area (Å²) < 4.78 is 5.53. The first-order valence-electron chi connectivity index (χ1n) is 8.22. The lowest BCUT2D eigenvalue weighted by Crippen LogP contribution is -2.22. The number of nitrogens with zero attached hydrogens (tertiary/aromatic N) is 5. The molecule has 6 nitrogen and oxygen atoms in total. The highest BCUT2D eigenvalue weighted by Crippen LogP contribution is 2.32. The molecule has 0 radical (unpaired) electrons. The molecule has 3 aromatic rings. The van der Waals surface area contributed by atoms with E-state index in [9.17, 15) is 0 Å². The highest BCUT2D eigenvalue weighted by atomic mass is 16.5. The molecule has 122 valence electrons. The minimum atomic E-state index is 0.171. The van der Waals surface area contributed by atoms with E-state index in [2.05, 4.69) is 49.5 Å². The zero-order valence-electron chi connectivity index (χ0n) is 13.6. The molecule has 6 heteroatoms. The normalized spacial score (nSPS) is 18.1. The second kappa shape index (κ2) is 6.49. The standard InChI is InChI=1S/C18H19N5O/c1-13-9-10-15(21-20-13)17-19-18(24-22-17)16-8-5-11-23(16)12-14-6-3-2-4-7-14/h2-4,6-7,9-10,16H,5,8,11-12H2,1H3. The fourth-order valence-corrected chi connectivity index (χ4v) is 3.11. The molecule has 1 atom stereocenters. The van der Waals surface area contributed by atoms with Crippen LogP contribution in [0.2, 0.25) is 0 Å². The molecule has 24 heavy (non-hydrogen) atoms. The Kier molecular flexibility index (Phi) is 4.04. The number of hydrogen-bond donors (Lipinski definition) is 0. The summed E-state index contributed by atoms with van der Waals surface area (Å²) in [5.74, 6) is 1.17. The molecule has 0 N–H and O–H groups in total. The van der Waals surface area contributed by atoms with Gasteiger partial charge in [-0.05, 0) is 44.0 Å². The van der Waals surface area contributed by atoms with Gasteiger partial charge < -0.3 is 4.52 Å². The molecule has 0 bridgehead atoms. The first kappa shape index (κ1) is 15.0. The maximum absolute atomic E-state index is 5.53. The van der Waals surface area contributed by atoms with Gasteiger partial charge in [-0.3, -0.25) is 4.90 Å². The van der Waals surface area contributed by atoms with Gasteiger partial charge in [0.15, 0.2) is 0 Å². The van der Waals surface area contributed by atoms with Crippen LogP contribution in [0.15, 0.2) is 47.0 Å². The van der Waals surface area contributed by atoms with Crippen molar-refractivity contribution in [2.24, 2.45) is 0 Å². The number of aryl methyl sites for hydroxylation is 1. The van der Waals surface area contributed by atoms with Crippen LogP contribution in [0.4, 0.5) is 0 Å². The first-order chi connectivity index (χ1) is 11.8. The Balaban J connectivity index is 1.53. The highest BCUT2D eigenvalue weighted by molar-refractivity contribution is 5.46. The molecular weight excluding hydrogens is 302 g/mol. The van der Waals surface area contributed by atoms with Crippen LogP contribution in [0.3, 0.4) is 0 Å². The van der Waals surface area contributed by atoms with Crippen LogP contribution < -0.4 is 0 Å². The highest BCUT2D eigenvalue weighted by Gasteiger charge is 2.30. The summed E-state index contributed by atoms with van der Waals surface area (Å²) in [5.41, 5.74) is 2.81. The molecule has 0 amide bonds. The van der Waals surface area contributed by atoms with Crippen LogP contribution in [-0.2, 0) is 6.54 Å². The van der Waals surface area contributed by atoms with Crippen molar-refractivity contribution in [1.29, 1.82) is 0 Å². The zero-order chi connectivity index (χ0) is 16.4. The molecule has 1 saturated heterocycles. The van der Waals surface area contributed by atoms with E-state index in [4.69, 9.17) is 4.52 Å².